The number of H-pyrrole nitrogens is 1. The van der Waals surface area contributed by atoms with E-state index in [9.17, 15) is 4.79 Å². The highest BCUT2D eigenvalue weighted by Crippen LogP contribution is 2.34. The second kappa shape index (κ2) is 13.8. The van der Waals surface area contributed by atoms with E-state index in [2.05, 4.69) is 44.9 Å². The monoisotopic (exact) mass is 604 g/mol. The summed E-state index contributed by atoms with van der Waals surface area (Å²) in [7, 11) is 0. The highest BCUT2D eigenvalue weighted by molar-refractivity contribution is 6.32. The molecule has 9 nitrogen and oxygen atoms in total. The van der Waals surface area contributed by atoms with Crippen LogP contribution in [0.4, 0.5) is 5.69 Å². The van der Waals surface area contributed by atoms with Crippen LogP contribution in [0.2, 0.25) is 10.0 Å². The molecule has 0 aliphatic carbocycles. The van der Waals surface area contributed by atoms with Gasteiger partial charge >= 0.3 is 5.69 Å². The first-order valence-corrected chi connectivity index (χ1v) is 15.0. The van der Waals surface area contributed by atoms with Crippen molar-refractivity contribution in [2.45, 2.75) is 64.5 Å². The Morgan fingerprint density at radius 1 is 0.929 bits per heavy atom. The number of hydrogen-bond donors (Lipinski definition) is 2. The van der Waals surface area contributed by atoms with Crippen LogP contribution in [-0.4, -0.2) is 41.0 Å². The van der Waals surface area contributed by atoms with Crippen molar-refractivity contribution in [3.05, 3.63) is 116 Å². The Kier molecular flexibility index (Phi) is 9.71. The second-order valence-electron chi connectivity index (χ2n) is 10.3. The molecule has 0 saturated carbocycles. The summed E-state index contributed by atoms with van der Waals surface area (Å²) in [5.41, 5.74) is 3.26. The number of aromatic nitrogens is 7. The summed E-state index contributed by atoms with van der Waals surface area (Å²) in [6, 6.07) is 23.1. The Morgan fingerprint density at radius 2 is 1.67 bits per heavy atom. The summed E-state index contributed by atoms with van der Waals surface area (Å²) in [6.07, 6.45) is 4.47. The van der Waals surface area contributed by atoms with E-state index in [1.54, 1.807) is 10.6 Å². The molecule has 0 fully saturated rings. The number of tetrazole rings is 1. The van der Waals surface area contributed by atoms with Crippen LogP contribution >= 0.6 is 23.2 Å². The lowest BCUT2D eigenvalue weighted by Crippen LogP contribution is -2.29. The molecular formula is C31H34Cl2N8O. The van der Waals surface area contributed by atoms with Crippen molar-refractivity contribution in [1.29, 1.82) is 0 Å². The van der Waals surface area contributed by atoms with Gasteiger partial charge in [-0.15, -0.1) is 15.3 Å². The Labute approximate surface area is 254 Å². The fourth-order valence-electron chi connectivity index (χ4n) is 5.20. The van der Waals surface area contributed by atoms with Gasteiger partial charge < -0.3 is 5.32 Å². The summed E-state index contributed by atoms with van der Waals surface area (Å²) in [4.78, 5) is 13.5. The number of para-hydroxylation sites is 1. The molecule has 11 heteroatoms. The van der Waals surface area contributed by atoms with Gasteiger partial charge in [0.1, 0.15) is 5.82 Å². The number of unbranched alkanes of at least 4 members (excludes halogenated alkanes) is 1. The Balaban J connectivity index is 1.41. The molecule has 2 unspecified atom stereocenters. The number of nitrogens with zero attached hydrogens (tertiary/aromatic N) is 6. The highest BCUT2D eigenvalue weighted by Gasteiger charge is 2.30. The minimum atomic E-state index is -0.206. The molecule has 0 saturated heterocycles. The number of aryl methyl sites for hydroxylation is 1. The molecule has 0 spiro atoms. The first kappa shape index (κ1) is 29.5. The third-order valence-electron chi connectivity index (χ3n) is 7.30. The third-order valence-corrected chi connectivity index (χ3v) is 7.97. The lowest BCUT2D eigenvalue weighted by Gasteiger charge is -2.28. The van der Waals surface area contributed by atoms with Gasteiger partial charge in [0.25, 0.3) is 0 Å². The summed E-state index contributed by atoms with van der Waals surface area (Å²) in [5.74, 6) is 1.13. The van der Waals surface area contributed by atoms with Gasteiger partial charge in [0.2, 0.25) is 0 Å². The lowest BCUT2D eigenvalue weighted by atomic mass is 9.87. The molecule has 0 radical (unpaired) electrons. The van der Waals surface area contributed by atoms with Crippen molar-refractivity contribution in [3.8, 4) is 5.69 Å². The van der Waals surface area contributed by atoms with Gasteiger partial charge in [0.15, 0.2) is 5.82 Å². The minimum absolute atomic E-state index is 0.0320. The summed E-state index contributed by atoms with van der Waals surface area (Å²) < 4.78 is 3.15. The van der Waals surface area contributed by atoms with Gasteiger partial charge in [-0.05, 0) is 54.3 Å². The maximum absolute atomic E-state index is 13.5. The van der Waals surface area contributed by atoms with Crippen LogP contribution in [0.3, 0.4) is 0 Å². The number of benzene rings is 3. The van der Waals surface area contributed by atoms with Gasteiger partial charge in [0, 0.05) is 23.2 Å². The van der Waals surface area contributed by atoms with Gasteiger partial charge in [0.05, 0.1) is 23.2 Å². The molecule has 0 bridgehead atoms. The van der Waals surface area contributed by atoms with Crippen LogP contribution in [0.1, 0.15) is 68.2 Å². The molecule has 5 rings (SSSR count). The van der Waals surface area contributed by atoms with Crippen LogP contribution in [0.25, 0.3) is 5.69 Å². The topological polar surface area (TPSA) is 106 Å². The molecule has 218 valence electrons. The third kappa shape index (κ3) is 6.58. The van der Waals surface area contributed by atoms with Crippen molar-refractivity contribution in [1.82, 2.24) is 35.0 Å². The summed E-state index contributed by atoms with van der Waals surface area (Å²) >= 11 is 13.0. The Bertz CT molecular complexity index is 1650. The first-order valence-electron chi connectivity index (χ1n) is 14.3. The van der Waals surface area contributed by atoms with Crippen molar-refractivity contribution in [3.63, 3.8) is 0 Å². The van der Waals surface area contributed by atoms with Crippen LogP contribution in [0.5, 0.6) is 0 Å². The fourth-order valence-corrected chi connectivity index (χ4v) is 5.67. The molecule has 3 aromatic carbocycles. The Hall–Kier alpha value is -3.95. The smallest absolute Gasteiger partial charge is 0.351 e. The lowest BCUT2D eigenvalue weighted by molar-refractivity contribution is 0.557. The highest BCUT2D eigenvalue weighted by atomic mass is 35.5. The summed E-state index contributed by atoms with van der Waals surface area (Å²) in [5, 5.41) is 24.5. The number of aromatic amines is 1. The van der Waals surface area contributed by atoms with E-state index in [1.807, 2.05) is 66.7 Å². The normalized spacial score (nSPS) is 12.8. The molecular weight excluding hydrogens is 571 g/mol. The first-order chi connectivity index (χ1) is 20.5. The SMILES string of the molecule is CCCCc1nn(-c2ccccc2Cl)c(=O)n1Cc1ccc(NC(CCC)C(c2nn[nH]n2)c2ccccc2Cl)cc1. The van der Waals surface area contributed by atoms with Crippen LogP contribution in [0.15, 0.2) is 77.6 Å². The number of rotatable bonds is 13. The van der Waals surface area contributed by atoms with Crippen molar-refractivity contribution < 1.29 is 0 Å². The molecule has 0 aliphatic rings. The zero-order chi connectivity index (χ0) is 29.5. The predicted molar refractivity (Wildman–Crippen MR) is 167 cm³/mol. The molecule has 2 N–H and O–H groups in total. The number of halogens is 2. The zero-order valence-electron chi connectivity index (χ0n) is 23.7. The van der Waals surface area contributed by atoms with E-state index in [1.165, 1.54) is 4.68 Å². The number of anilines is 1. The van der Waals surface area contributed by atoms with E-state index in [0.717, 1.165) is 48.3 Å². The van der Waals surface area contributed by atoms with Crippen molar-refractivity contribution >= 4 is 28.9 Å². The van der Waals surface area contributed by atoms with Gasteiger partial charge in [-0.25, -0.2) is 4.79 Å². The zero-order valence-corrected chi connectivity index (χ0v) is 25.2. The van der Waals surface area contributed by atoms with Crippen LogP contribution in [0, 0.1) is 0 Å². The van der Waals surface area contributed by atoms with Crippen LogP contribution < -0.4 is 11.0 Å². The molecule has 0 aliphatic heterocycles. The molecule has 2 atom stereocenters. The summed E-state index contributed by atoms with van der Waals surface area (Å²) in [6.45, 7) is 4.68. The van der Waals surface area contributed by atoms with E-state index in [-0.39, 0.29) is 17.6 Å². The number of hydrogen-bond acceptors (Lipinski definition) is 6. The van der Waals surface area contributed by atoms with E-state index in [4.69, 9.17) is 23.2 Å². The van der Waals surface area contributed by atoms with Gasteiger partial charge in [-0.1, -0.05) is 97.6 Å². The quantitative estimate of drug-likeness (QED) is 0.156. The standard InChI is InChI=1S/C31H34Cl2N8O/c1-3-5-15-28-37-41(27-14-9-8-13-25(27)33)31(42)40(28)20-21-16-18-22(19-17-21)34-26(10-4-2)29(30-35-38-39-36-30)23-11-6-7-12-24(23)32/h6-9,11-14,16-19,26,29,34H,3-5,10,15,20H2,1-2H3,(H,35,36,38,39). The van der Waals surface area contributed by atoms with Crippen molar-refractivity contribution in [2.75, 3.05) is 5.32 Å². The molecule has 5 aromatic rings. The molecule has 2 aromatic heterocycles. The average Bonchev–Trinajstić information content (AvgIpc) is 3.63. The second-order valence-corrected chi connectivity index (χ2v) is 11.1. The van der Waals surface area contributed by atoms with E-state index < -0.39 is 0 Å². The maximum atomic E-state index is 13.5. The molecule has 2 heterocycles. The predicted octanol–water partition coefficient (Wildman–Crippen LogP) is 6.66. The fraction of sp³-hybridized carbons (Fsp3) is 0.323. The maximum Gasteiger partial charge on any atom is 0.351 e. The van der Waals surface area contributed by atoms with Gasteiger partial charge in [-0.3, -0.25) is 4.57 Å². The molecule has 42 heavy (non-hydrogen) atoms. The average molecular weight is 606 g/mol. The van der Waals surface area contributed by atoms with Crippen molar-refractivity contribution in [2.24, 2.45) is 0 Å². The largest absolute Gasteiger partial charge is 0.381 e. The number of nitrogens with one attached hydrogen (secondary N) is 2. The minimum Gasteiger partial charge on any atom is -0.381 e. The van der Waals surface area contributed by atoms with Crippen LogP contribution in [-0.2, 0) is 13.0 Å². The Morgan fingerprint density at radius 3 is 2.33 bits per heavy atom. The van der Waals surface area contributed by atoms with E-state index in [0.29, 0.717) is 34.5 Å². The molecule has 0 amide bonds. The van der Waals surface area contributed by atoms with E-state index >= 15 is 0 Å². The van der Waals surface area contributed by atoms with Gasteiger partial charge in [-0.2, -0.15) is 9.90 Å².